The van der Waals surface area contributed by atoms with Crippen molar-refractivity contribution in [2.75, 3.05) is 13.6 Å². The molecule has 3 aromatic rings. The first-order valence-corrected chi connectivity index (χ1v) is 12.7. The molecule has 0 spiro atoms. The Labute approximate surface area is 216 Å². The first-order chi connectivity index (χ1) is 17.1. The lowest BCUT2D eigenvalue weighted by Gasteiger charge is -2.15. The van der Waals surface area contributed by atoms with Crippen molar-refractivity contribution in [3.63, 3.8) is 0 Å². The summed E-state index contributed by atoms with van der Waals surface area (Å²) < 4.78 is 6.27. The van der Waals surface area contributed by atoms with Crippen LogP contribution in [0.3, 0.4) is 0 Å². The predicted octanol–water partition coefficient (Wildman–Crippen LogP) is 6.54. The summed E-state index contributed by atoms with van der Waals surface area (Å²) in [7, 11) is 1.74. The minimum atomic E-state index is 0.280. The van der Waals surface area contributed by atoms with Gasteiger partial charge in [0.2, 0.25) is 0 Å². The fraction of sp³-hybridized carbons (Fsp3) is 0.259. The molecule has 0 saturated heterocycles. The molecule has 1 aromatic carbocycles. The zero-order chi connectivity index (χ0) is 25.2. The molecule has 182 valence electrons. The number of dihydropyridines is 1. The van der Waals surface area contributed by atoms with Gasteiger partial charge in [0.05, 0.1) is 15.8 Å². The van der Waals surface area contributed by atoms with Crippen molar-refractivity contribution in [1.29, 1.82) is 0 Å². The fourth-order valence-electron chi connectivity index (χ4n) is 3.54. The molecule has 0 atom stereocenters. The molecule has 2 aromatic heterocycles. The van der Waals surface area contributed by atoms with Crippen molar-refractivity contribution < 1.29 is 4.74 Å². The van der Waals surface area contributed by atoms with Crippen LogP contribution in [0.15, 0.2) is 76.0 Å². The minimum absolute atomic E-state index is 0.280. The normalized spacial score (nSPS) is 13.5. The number of hydrogen-bond acceptors (Lipinski definition) is 7. The van der Waals surface area contributed by atoms with Crippen LogP contribution in [-0.2, 0) is 6.61 Å². The van der Waals surface area contributed by atoms with E-state index in [0.29, 0.717) is 10.8 Å². The van der Waals surface area contributed by atoms with E-state index in [1.165, 1.54) is 6.20 Å². The van der Waals surface area contributed by atoms with Crippen molar-refractivity contribution in [2.24, 2.45) is 15.7 Å². The van der Waals surface area contributed by atoms with Crippen LogP contribution >= 0.6 is 23.4 Å². The summed E-state index contributed by atoms with van der Waals surface area (Å²) in [4.78, 5) is 18.9. The second-order valence-corrected chi connectivity index (χ2v) is 8.80. The van der Waals surface area contributed by atoms with Crippen LogP contribution in [0.4, 0.5) is 0 Å². The summed E-state index contributed by atoms with van der Waals surface area (Å²) in [6.45, 7) is 7.03. The monoisotopic (exact) mass is 507 g/mol. The number of aryl methyl sites for hydroxylation is 1. The van der Waals surface area contributed by atoms with E-state index in [2.05, 4.69) is 21.0 Å². The van der Waals surface area contributed by atoms with Gasteiger partial charge in [0, 0.05) is 53.1 Å². The first-order valence-electron chi connectivity index (χ1n) is 11.5. The number of rotatable bonds is 6. The Kier molecular flexibility index (Phi) is 9.87. The van der Waals surface area contributed by atoms with Gasteiger partial charge in [-0.1, -0.05) is 55.4 Å². The Morgan fingerprint density at radius 3 is 2.83 bits per heavy atom. The number of allylic oxidation sites excluding steroid dienone is 1. The van der Waals surface area contributed by atoms with E-state index in [0.717, 1.165) is 56.3 Å². The molecule has 1 aliphatic rings. The van der Waals surface area contributed by atoms with Gasteiger partial charge < -0.3 is 10.5 Å². The summed E-state index contributed by atoms with van der Waals surface area (Å²) >= 11 is 8.06. The van der Waals surface area contributed by atoms with E-state index in [-0.39, 0.29) is 6.61 Å². The summed E-state index contributed by atoms with van der Waals surface area (Å²) in [5, 5.41) is 2.44. The number of fused-ring (bicyclic) bond motifs is 1. The number of nitrogens with two attached hydrogens (primary N) is 1. The number of hydrogen-bond donors (Lipinski definition) is 1. The largest absolute Gasteiger partial charge is 0.487 e. The Morgan fingerprint density at radius 2 is 2.11 bits per heavy atom. The third-order valence-corrected chi connectivity index (χ3v) is 6.45. The molecule has 4 rings (SSSR count). The van der Waals surface area contributed by atoms with E-state index in [4.69, 9.17) is 27.1 Å². The van der Waals surface area contributed by atoms with Crippen LogP contribution in [0, 0.1) is 6.92 Å². The highest BCUT2D eigenvalue weighted by Gasteiger charge is 2.15. The van der Waals surface area contributed by atoms with Crippen LogP contribution in [-0.4, -0.2) is 34.3 Å². The van der Waals surface area contributed by atoms with Gasteiger partial charge in [-0.25, -0.2) is 4.98 Å². The second kappa shape index (κ2) is 13.1. The minimum Gasteiger partial charge on any atom is -0.487 e. The van der Waals surface area contributed by atoms with Crippen molar-refractivity contribution in [1.82, 2.24) is 9.97 Å². The maximum absolute atomic E-state index is 6.51. The Balaban J connectivity index is 0.00000167. The van der Waals surface area contributed by atoms with Crippen LogP contribution < -0.4 is 10.5 Å². The number of benzene rings is 1. The lowest BCUT2D eigenvalue weighted by Crippen LogP contribution is -2.05. The predicted molar refractivity (Wildman–Crippen MR) is 149 cm³/mol. The molecule has 0 bridgehead atoms. The average Bonchev–Trinajstić information content (AvgIpc) is 2.88. The molecule has 6 nitrogen and oxygen atoms in total. The van der Waals surface area contributed by atoms with Gasteiger partial charge in [-0.2, -0.15) is 0 Å². The molecule has 0 aliphatic carbocycles. The van der Waals surface area contributed by atoms with Crippen molar-refractivity contribution >= 4 is 45.0 Å². The molecule has 3 heterocycles. The number of aromatic nitrogens is 2. The summed E-state index contributed by atoms with van der Waals surface area (Å²) in [6.07, 6.45) is 11.8. The van der Waals surface area contributed by atoms with Gasteiger partial charge >= 0.3 is 0 Å². The number of aliphatic imine (C=N–C) groups is 2. The summed E-state index contributed by atoms with van der Waals surface area (Å²) in [5.74, 6) is 0.670. The molecule has 8 heteroatoms. The van der Waals surface area contributed by atoms with E-state index in [1.54, 1.807) is 37.3 Å². The van der Waals surface area contributed by atoms with Crippen LogP contribution in [0.25, 0.3) is 10.9 Å². The lowest BCUT2D eigenvalue weighted by atomic mass is 10.0. The molecule has 0 saturated carbocycles. The second-order valence-electron chi connectivity index (χ2n) is 7.33. The molecule has 1 aliphatic heterocycles. The van der Waals surface area contributed by atoms with Crippen LogP contribution in [0.2, 0.25) is 5.02 Å². The maximum Gasteiger partial charge on any atom is 0.146 e. The molecule has 35 heavy (non-hydrogen) atoms. The van der Waals surface area contributed by atoms with E-state index < -0.39 is 0 Å². The lowest BCUT2D eigenvalue weighted by molar-refractivity contribution is 0.306. The molecule has 0 unspecified atom stereocenters. The van der Waals surface area contributed by atoms with Crippen molar-refractivity contribution in [3.8, 4) is 5.75 Å². The number of nitrogens with zero attached hydrogens (tertiary/aromatic N) is 4. The molecule has 0 radical (unpaired) electrons. The molecule has 0 fully saturated rings. The number of para-hydroxylation sites is 1. The molecular weight excluding hydrogens is 478 g/mol. The third-order valence-electron chi connectivity index (χ3n) is 5.08. The Bertz CT molecular complexity index is 1300. The molecule has 2 N–H and O–H groups in total. The SMILES string of the molecule is CC.CN=C(/C=C\N)c1cc(C)nc2c(OCc3c(Cl)cncc3SC3=NCCC=C3)cccc12. The highest BCUT2D eigenvalue weighted by atomic mass is 35.5. The van der Waals surface area contributed by atoms with Gasteiger partial charge in [0.15, 0.2) is 0 Å². The number of thioether (sulfide) groups is 1. The van der Waals surface area contributed by atoms with Gasteiger partial charge in [0.1, 0.15) is 17.9 Å². The summed E-state index contributed by atoms with van der Waals surface area (Å²) in [5.41, 5.74) is 9.85. The zero-order valence-corrected chi connectivity index (χ0v) is 22.0. The smallest absolute Gasteiger partial charge is 0.146 e. The zero-order valence-electron chi connectivity index (χ0n) is 20.5. The third kappa shape index (κ3) is 6.50. The van der Waals surface area contributed by atoms with Gasteiger partial charge in [-0.3, -0.25) is 15.0 Å². The van der Waals surface area contributed by atoms with Gasteiger partial charge in [-0.15, -0.1) is 0 Å². The van der Waals surface area contributed by atoms with Gasteiger partial charge in [0.25, 0.3) is 0 Å². The fourth-order valence-corrected chi connectivity index (χ4v) is 4.76. The van der Waals surface area contributed by atoms with Crippen LogP contribution in [0.5, 0.6) is 5.75 Å². The quantitative estimate of drug-likeness (QED) is 0.383. The summed E-state index contributed by atoms with van der Waals surface area (Å²) in [6, 6.07) is 7.87. The Morgan fingerprint density at radius 1 is 1.29 bits per heavy atom. The standard InChI is InChI=1S/C25H24ClN5OS.C2H6/c1-16-12-18(21(28-2)9-10-27)17-6-5-7-22(25(17)31-16)32-15-19-20(26)13-29-14-23(19)33-24-8-3-4-11-30-24;1-2/h3,5-10,12-14H,4,11,15,27H2,1-2H3;1-2H3/b10-9-,28-21?;. The highest BCUT2D eigenvalue weighted by molar-refractivity contribution is 8.14. The van der Waals surface area contributed by atoms with Crippen molar-refractivity contribution in [2.45, 2.75) is 38.7 Å². The van der Waals surface area contributed by atoms with E-state index in [9.17, 15) is 0 Å². The molecular formula is C27H30ClN5OS. The van der Waals surface area contributed by atoms with Gasteiger partial charge in [-0.05, 0) is 43.8 Å². The molecule has 0 amide bonds. The first kappa shape index (κ1) is 26.4. The number of ether oxygens (including phenoxy) is 1. The average molecular weight is 508 g/mol. The van der Waals surface area contributed by atoms with E-state index in [1.807, 2.05) is 51.1 Å². The van der Waals surface area contributed by atoms with E-state index >= 15 is 0 Å². The highest BCUT2D eigenvalue weighted by Crippen LogP contribution is 2.33. The number of pyridine rings is 2. The topological polar surface area (TPSA) is 85.8 Å². The maximum atomic E-state index is 6.51. The number of halogens is 1. The van der Waals surface area contributed by atoms with Crippen LogP contribution in [0.1, 0.15) is 37.1 Å². The Hall–Kier alpha value is -3.16. The van der Waals surface area contributed by atoms with Crippen molar-refractivity contribution in [3.05, 3.63) is 82.9 Å².